The average Bonchev–Trinajstić information content (AvgIpc) is 3.14. The van der Waals surface area contributed by atoms with Crippen molar-refractivity contribution in [1.29, 1.82) is 0 Å². The largest absolute Gasteiger partial charge is 0.381 e. The molecule has 2 atom stereocenters. The number of nitrogens with zero attached hydrogens (tertiary/aromatic N) is 4. The van der Waals surface area contributed by atoms with Crippen LogP contribution in [-0.4, -0.2) is 44.7 Å². The van der Waals surface area contributed by atoms with Crippen molar-refractivity contribution in [3.63, 3.8) is 0 Å². The van der Waals surface area contributed by atoms with Crippen LogP contribution in [0.1, 0.15) is 48.7 Å². The fourth-order valence-corrected chi connectivity index (χ4v) is 4.69. The predicted octanol–water partition coefficient (Wildman–Crippen LogP) is 2.05. The number of hydrogen-bond acceptors (Lipinski definition) is 4. The molecule has 0 spiro atoms. The van der Waals surface area contributed by atoms with Gasteiger partial charge >= 0.3 is 0 Å². The van der Waals surface area contributed by atoms with Crippen molar-refractivity contribution in [2.75, 3.05) is 13.2 Å². The second kappa shape index (κ2) is 5.28. The molecule has 2 bridgehead atoms. The fourth-order valence-electron chi connectivity index (χ4n) is 4.69. The minimum absolute atomic E-state index is 0.132. The molecule has 2 aromatic rings. The molecule has 3 aliphatic heterocycles. The lowest BCUT2D eigenvalue weighted by atomic mass is 9.93. The van der Waals surface area contributed by atoms with Gasteiger partial charge in [0.05, 0.1) is 17.4 Å². The molecule has 2 aromatic heterocycles. The van der Waals surface area contributed by atoms with Crippen molar-refractivity contribution in [3.05, 3.63) is 29.2 Å². The molecule has 0 unspecified atom stereocenters. The van der Waals surface area contributed by atoms with Crippen molar-refractivity contribution in [2.24, 2.45) is 5.92 Å². The van der Waals surface area contributed by atoms with Crippen molar-refractivity contribution in [2.45, 2.75) is 51.1 Å². The van der Waals surface area contributed by atoms with E-state index in [9.17, 15) is 4.79 Å². The number of hydrogen-bond donors (Lipinski definition) is 0. The Balaban J connectivity index is 1.53. The Bertz CT molecular complexity index is 809. The molecular formula is C18H22N4O2. The van der Waals surface area contributed by atoms with E-state index in [0.29, 0.717) is 25.2 Å². The maximum atomic E-state index is 13.1. The second-order valence-electron chi connectivity index (χ2n) is 7.30. The number of aromatic nitrogens is 3. The van der Waals surface area contributed by atoms with E-state index in [1.807, 2.05) is 23.7 Å². The summed E-state index contributed by atoms with van der Waals surface area (Å²) in [5.41, 5.74) is 4.34. The van der Waals surface area contributed by atoms with Crippen molar-refractivity contribution < 1.29 is 9.53 Å². The first-order valence-corrected chi connectivity index (χ1v) is 8.96. The molecule has 5 heterocycles. The molecule has 5 rings (SSSR count). The Morgan fingerprint density at radius 2 is 2.08 bits per heavy atom. The molecule has 24 heavy (non-hydrogen) atoms. The lowest BCUT2D eigenvalue weighted by Gasteiger charge is -2.38. The van der Waals surface area contributed by atoms with Crippen LogP contribution in [0.2, 0.25) is 0 Å². The molecule has 6 nitrogen and oxygen atoms in total. The standard InChI is InChI=1S/C18H22N4O2/c1-11-8-17-19-10-14-15-3-2-13(9-16(14)22(17)20-11)21(15)18(23)12-4-6-24-7-5-12/h8,10,12-13,15H,2-7,9H2,1H3/t13-,15-/m1/s1. The van der Waals surface area contributed by atoms with Crippen LogP contribution >= 0.6 is 0 Å². The number of ether oxygens (including phenoxy) is 1. The van der Waals surface area contributed by atoms with Gasteiger partial charge in [0, 0.05) is 49.4 Å². The Hall–Kier alpha value is -1.95. The number of carbonyl (C=O) groups excluding carboxylic acids is 1. The molecule has 0 N–H and O–H groups in total. The van der Waals surface area contributed by atoms with E-state index in [1.165, 1.54) is 11.3 Å². The van der Waals surface area contributed by atoms with Crippen molar-refractivity contribution in [1.82, 2.24) is 19.5 Å². The van der Waals surface area contributed by atoms with Gasteiger partial charge in [-0.2, -0.15) is 5.10 Å². The molecule has 0 saturated carbocycles. The summed E-state index contributed by atoms with van der Waals surface area (Å²) in [5, 5.41) is 4.62. The van der Waals surface area contributed by atoms with Crippen LogP contribution < -0.4 is 0 Å². The lowest BCUT2D eigenvalue weighted by molar-refractivity contribution is -0.142. The zero-order chi connectivity index (χ0) is 16.3. The highest BCUT2D eigenvalue weighted by atomic mass is 16.5. The molecule has 2 saturated heterocycles. The molecule has 3 aliphatic rings. The average molecular weight is 326 g/mol. The predicted molar refractivity (Wildman–Crippen MR) is 87.6 cm³/mol. The summed E-state index contributed by atoms with van der Waals surface area (Å²) >= 11 is 0. The summed E-state index contributed by atoms with van der Waals surface area (Å²) in [4.78, 5) is 19.9. The van der Waals surface area contributed by atoms with Gasteiger partial charge in [-0.3, -0.25) is 4.79 Å². The Labute approximate surface area is 140 Å². The lowest BCUT2D eigenvalue weighted by Crippen LogP contribution is -2.46. The highest BCUT2D eigenvalue weighted by Gasteiger charge is 2.45. The molecular weight excluding hydrogens is 304 g/mol. The smallest absolute Gasteiger partial charge is 0.226 e. The fraction of sp³-hybridized carbons (Fsp3) is 0.611. The van der Waals surface area contributed by atoms with E-state index in [4.69, 9.17) is 4.74 Å². The summed E-state index contributed by atoms with van der Waals surface area (Å²) in [6, 6.07) is 2.50. The quantitative estimate of drug-likeness (QED) is 0.805. The van der Waals surface area contributed by atoms with Crippen LogP contribution in [0.3, 0.4) is 0 Å². The van der Waals surface area contributed by atoms with Crippen LogP contribution in [-0.2, 0) is 16.0 Å². The topological polar surface area (TPSA) is 59.7 Å². The van der Waals surface area contributed by atoms with Crippen LogP contribution in [0.5, 0.6) is 0 Å². The van der Waals surface area contributed by atoms with E-state index >= 15 is 0 Å². The highest BCUT2D eigenvalue weighted by Crippen LogP contribution is 2.44. The van der Waals surface area contributed by atoms with E-state index < -0.39 is 0 Å². The van der Waals surface area contributed by atoms with Crippen molar-refractivity contribution >= 4 is 11.6 Å². The van der Waals surface area contributed by atoms with E-state index in [0.717, 1.165) is 43.4 Å². The number of carbonyl (C=O) groups is 1. The summed E-state index contributed by atoms with van der Waals surface area (Å²) in [6.07, 6.45) is 6.70. The van der Waals surface area contributed by atoms with Gasteiger partial charge < -0.3 is 9.64 Å². The Morgan fingerprint density at radius 3 is 2.92 bits per heavy atom. The maximum absolute atomic E-state index is 13.1. The summed E-state index contributed by atoms with van der Waals surface area (Å²) in [6.45, 7) is 3.43. The van der Waals surface area contributed by atoms with Crippen LogP contribution in [0.4, 0.5) is 0 Å². The zero-order valence-corrected chi connectivity index (χ0v) is 13.9. The van der Waals surface area contributed by atoms with E-state index in [-0.39, 0.29) is 12.0 Å². The van der Waals surface area contributed by atoms with Gasteiger partial charge in [-0.1, -0.05) is 0 Å². The summed E-state index contributed by atoms with van der Waals surface area (Å²) < 4.78 is 7.41. The minimum atomic E-state index is 0.132. The number of fused-ring (bicyclic) bond motifs is 6. The molecule has 0 aliphatic carbocycles. The summed E-state index contributed by atoms with van der Waals surface area (Å²) in [7, 11) is 0. The maximum Gasteiger partial charge on any atom is 0.226 e. The van der Waals surface area contributed by atoms with Gasteiger partial charge in [-0.05, 0) is 32.6 Å². The van der Waals surface area contributed by atoms with Gasteiger partial charge in [0.15, 0.2) is 5.65 Å². The van der Waals surface area contributed by atoms with Gasteiger partial charge in [-0.25, -0.2) is 9.50 Å². The molecule has 0 aromatic carbocycles. The Kier molecular flexibility index (Phi) is 3.16. The van der Waals surface area contributed by atoms with Crippen molar-refractivity contribution in [3.8, 4) is 0 Å². The van der Waals surface area contributed by atoms with Crippen LogP contribution in [0, 0.1) is 12.8 Å². The molecule has 6 heteroatoms. The first-order chi connectivity index (χ1) is 11.7. The van der Waals surface area contributed by atoms with Gasteiger partial charge in [0.2, 0.25) is 5.91 Å². The molecule has 2 fully saturated rings. The third kappa shape index (κ3) is 2.02. The SMILES string of the molecule is Cc1cc2ncc3c(n2n1)C[C@H]1CC[C@H]3N1C(=O)C1CCOCC1. The zero-order valence-electron chi connectivity index (χ0n) is 13.9. The second-order valence-corrected chi connectivity index (χ2v) is 7.30. The van der Waals surface area contributed by atoms with Gasteiger partial charge in [0.1, 0.15) is 0 Å². The monoisotopic (exact) mass is 326 g/mol. The third-order valence-corrected chi connectivity index (χ3v) is 5.85. The number of aryl methyl sites for hydroxylation is 1. The molecule has 0 radical (unpaired) electrons. The third-order valence-electron chi connectivity index (χ3n) is 5.85. The summed E-state index contributed by atoms with van der Waals surface area (Å²) in [5.74, 6) is 0.459. The first kappa shape index (κ1) is 14.4. The minimum Gasteiger partial charge on any atom is -0.381 e. The normalized spacial score (nSPS) is 26.8. The van der Waals surface area contributed by atoms with Gasteiger partial charge in [-0.15, -0.1) is 0 Å². The van der Waals surface area contributed by atoms with E-state index in [1.54, 1.807) is 0 Å². The van der Waals surface area contributed by atoms with Crippen LogP contribution in [0.15, 0.2) is 12.3 Å². The van der Waals surface area contributed by atoms with Gasteiger partial charge in [0.25, 0.3) is 0 Å². The molecule has 126 valence electrons. The number of amides is 1. The highest BCUT2D eigenvalue weighted by molar-refractivity contribution is 5.80. The first-order valence-electron chi connectivity index (χ1n) is 8.96. The molecule has 1 amide bonds. The Morgan fingerprint density at radius 1 is 1.25 bits per heavy atom. The number of rotatable bonds is 1. The van der Waals surface area contributed by atoms with E-state index in [2.05, 4.69) is 15.0 Å². The van der Waals surface area contributed by atoms with Crippen LogP contribution in [0.25, 0.3) is 5.65 Å².